The van der Waals surface area contributed by atoms with Crippen molar-refractivity contribution in [3.63, 3.8) is 0 Å². The van der Waals surface area contributed by atoms with Crippen molar-refractivity contribution in [1.29, 1.82) is 0 Å². The number of aromatic amines is 1. The Hall–Kier alpha value is -1.19. The quantitative estimate of drug-likeness (QED) is 0.672. The van der Waals surface area contributed by atoms with Crippen molar-refractivity contribution in [2.24, 2.45) is 0 Å². The lowest BCUT2D eigenvalue weighted by atomic mass is 9.84. The molecule has 0 fully saturated rings. The first kappa shape index (κ1) is 8.41. The highest BCUT2D eigenvalue weighted by atomic mass is 19.1. The summed E-state index contributed by atoms with van der Waals surface area (Å²) >= 11 is 0. The number of rotatable bonds is 1. The molecule has 1 aliphatic carbocycles. The molecular formula is C9H11FN2O. The van der Waals surface area contributed by atoms with Crippen molar-refractivity contribution in [2.75, 3.05) is 0 Å². The first-order chi connectivity index (χ1) is 6.15. The topological polar surface area (TPSA) is 45.8 Å². The molecule has 1 aromatic heterocycles. The zero-order chi connectivity index (χ0) is 9.47. The Morgan fingerprint density at radius 3 is 3.15 bits per heavy atom. The van der Waals surface area contributed by atoms with E-state index in [1.165, 1.54) is 6.92 Å². The lowest BCUT2D eigenvalue weighted by Gasteiger charge is -2.25. The second kappa shape index (κ2) is 2.65. The minimum atomic E-state index is -1.39. The second-order valence-electron chi connectivity index (χ2n) is 3.63. The predicted octanol–water partition coefficient (Wildman–Crippen LogP) is 1.74. The number of carbonyl (C=O) groups is 1. The number of carbonyl (C=O) groups excluding carboxylic acids is 1. The monoisotopic (exact) mass is 182 g/mol. The molecule has 1 heterocycles. The normalized spacial score (nSPS) is 26.9. The molecule has 1 atom stereocenters. The van der Waals surface area contributed by atoms with Gasteiger partial charge >= 0.3 is 0 Å². The fourth-order valence-corrected chi connectivity index (χ4v) is 1.96. The van der Waals surface area contributed by atoms with Crippen LogP contribution in [-0.2, 0) is 12.1 Å². The molecule has 0 spiro atoms. The average molecular weight is 182 g/mol. The number of nitrogens with zero attached hydrogens (tertiary/aromatic N) is 1. The molecule has 13 heavy (non-hydrogen) atoms. The second-order valence-corrected chi connectivity index (χ2v) is 3.63. The van der Waals surface area contributed by atoms with Gasteiger partial charge in [-0.3, -0.25) is 9.89 Å². The summed E-state index contributed by atoms with van der Waals surface area (Å²) < 4.78 is 13.9. The van der Waals surface area contributed by atoms with E-state index in [9.17, 15) is 9.18 Å². The number of hydrogen-bond acceptors (Lipinski definition) is 2. The van der Waals surface area contributed by atoms with Crippen molar-refractivity contribution in [1.82, 2.24) is 10.2 Å². The number of nitrogens with one attached hydrogen (secondary N) is 1. The third kappa shape index (κ3) is 1.17. The standard InChI is InChI=1S/C9H11FN2O/c1-9(10)4-2-3-6-8(9)7(5-13)12-11-6/h5H,2-4H2,1H3,(H,11,12). The van der Waals surface area contributed by atoms with E-state index in [-0.39, 0.29) is 5.69 Å². The van der Waals surface area contributed by atoms with Crippen molar-refractivity contribution >= 4 is 6.29 Å². The minimum absolute atomic E-state index is 0.222. The molecule has 0 saturated heterocycles. The van der Waals surface area contributed by atoms with E-state index in [4.69, 9.17) is 0 Å². The number of halogens is 1. The molecule has 0 radical (unpaired) electrons. The number of alkyl halides is 1. The smallest absolute Gasteiger partial charge is 0.170 e. The van der Waals surface area contributed by atoms with Gasteiger partial charge in [-0.15, -0.1) is 0 Å². The third-order valence-electron chi connectivity index (χ3n) is 2.58. The van der Waals surface area contributed by atoms with Gasteiger partial charge in [0, 0.05) is 11.3 Å². The van der Waals surface area contributed by atoms with Gasteiger partial charge in [0.25, 0.3) is 0 Å². The lowest BCUT2D eigenvalue weighted by Crippen LogP contribution is -2.22. The van der Waals surface area contributed by atoms with E-state index >= 15 is 0 Å². The Morgan fingerprint density at radius 2 is 2.46 bits per heavy atom. The van der Waals surface area contributed by atoms with Crippen LogP contribution in [0.1, 0.15) is 41.5 Å². The molecule has 70 valence electrons. The van der Waals surface area contributed by atoms with Gasteiger partial charge in [0.2, 0.25) is 0 Å². The van der Waals surface area contributed by atoms with Gasteiger partial charge in [0.1, 0.15) is 11.4 Å². The molecule has 3 nitrogen and oxygen atoms in total. The maximum absolute atomic E-state index is 13.9. The van der Waals surface area contributed by atoms with E-state index in [0.29, 0.717) is 18.3 Å². The van der Waals surface area contributed by atoms with Gasteiger partial charge in [0.15, 0.2) is 6.29 Å². The summed E-state index contributed by atoms with van der Waals surface area (Å²) in [5.74, 6) is 0. The minimum Gasteiger partial charge on any atom is -0.296 e. The van der Waals surface area contributed by atoms with E-state index in [1.807, 2.05) is 0 Å². The molecule has 1 aliphatic rings. The molecule has 1 N–H and O–H groups in total. The van der Waals surface area contributed by atoms with E-state index < -0.39 is 5.67 Å². The van der Waals surface area contributed by atoms with Crippen LogP contribution in [0.5, 0.6) is 0 Å². The third-order valence-corrected chi connectivity index (χ3v) is 2.58. The van der Waals surface area contributed by atoms with Crippen molar-refractivity contribution in [3.05, 3.63) is 17.0 Å². The fraction of sp³-hybridized carbons (Fsp3) is 0.556. The maximum Gasteiger partial charge on any atom is 0.170 e. The summed E-state index contributed by atoms with van der Waals surface area (Å²) in [5, 5.41) is 6.49. The van der Waals surface area contributed by atoms with Crippen LogP contribution in [0.15, 0.2) is 0 Å². The molecule has 0 amide bonds. The van der Waals surface area contributed by atoms with Gasteiger partial charge in [-0.25, -0.2) is 4.39 Å². The molecule has 0 saturated carbocycles. The summed E-state index contributed by atoms with van der Waals surface area (Å²) in [6, 6.07) is 0. The Labute approximate surface area is 75.3 Å². The summed E-state index contributed by atoms with van der Waals surface area (Å²) in [7, 11) is 0. The zero-order valence-corrected chi connectivity index (χ0v) is 7.43. The van der Waals surface area contributed by atoms with Crippen LogP contribution < -0.4 is 0 Å². The van der Waals surface area contributed by atoms with Crippen LogP contribution in [-0.4, -0.2) is 16.5 Å². The summed E-state index contributed by atoms with van der Waals surface area (Å²) in [5.41, 5.74) is 0.0726. The van der Waals surface area contributed by atoms with Crippen LogP contribution >= 0.6 is 0 Å². The van der Waals surface area contributed by atoms with Crippen LogP contribution in [0.4, 0.5) is 4.39 Å². The maximum atomic E-state index is 13.9. The average Bonchev–Trinajstić information content (AvgIpc) is 2.48. The Morgan fingerprint density at radius 1 is 1.69 bits per heavy atom. The summed E-state index contributed by atoms with van der Waals surface area (Å²) in [6.45, 7) is 1.51. The van der Waals surface area contributed by atoms with Crippen LogP contribution in [0.2, 0.25) is 0 Å². The van der Waals surface area contributed by atoms with Gasteiger partial charge in [-0.1, -0.05) is 0 Å². The highest BCUT2D eigenvalue weighted by Gasteiger charge is 2.36. The Bertz CT molecular complexity index is 343. The molecule has 1 aromatic rings. The molecule has 0 aliphatic heterocycles. The van der Waals surface area contributed by atoms with E-state index in [2.05, 4.69) is 10.2 Å². The van der Waals surface area contributed by atoms with E-state index in [0.717, 1.165) is 18.5 Å². The predicted molar refractivity (Wildman–Crippen MR) is 45.4 cm³/mol. The van der Waals surface area contributed by atoms with Crippen LogP contribution in [0.25, 0.3) is 0 Å². The lowest BCUT2D eigenvalue weighted by molar-refractivity contribution is 0.110. The number of fused-ring (bicyclic) bond motifs is 1. The molecule has 0 aromatic carbocycles. The van der Waals surface area contributed by atoms with Crippen molar-refractivity contribution in [3.8, 4) is 0 Å². The fourth-order valence-electron chi connectivity index (χ4n) is 1.96. The number of aryl methyl sites for hydroxylation is 1. The molecule has 0 bridgehead atoms. The van der Waals surface area contributed by atoms with Crippen LogP contribution in [0.3, 0.4) is 0 Å². The number of H-pyrrole nitrogens is 1. The number of aromatic nitrogens is 2. The van der Waals surface area contributed by atoms with Crippen LogP contribution in [0, 0.1) is 0 Å². The van der Waals surface area contributed by atoms with Gasteiger partial charge < -0.3 is 0 Å². The van der Waals surface area contributed by atoms with Gasteiger partial charge in [-0.05, 0) is 26.2 Å². The number of aldehydes is 1. The highest BCUT2D eigenvalue weighted by molar-refractivity contribution is 5.75. The zero-order valence-electron chi connectivity index (χ0n) is 7.43. The first-order valence-electron chi connectivity index (χ1n) is 4.37. The summed E-state index contributed by atoms with van der Waals surface area (Å²) in [6.07, 6.45) is 2.68. The largest absolute Gasteiger partial charge is 0.296 e. The first-order valence-corrected chi connectivity index (χ1v) is 4.37. The summed E-state index contributed by atoms with van der Waals surface area (Å²) in [4.78, 5) is 10.6. The molecule has 2 rings (SSSR count). The Kier molecular flexibility index (Phi) is 1.71. The number of hydrogen-bond donors (Lipinski definition) is 1. The van der Waals surface area contributed by atoms with Crippen molar-refractivity contribution in [2.45, 2.75) is 31.9 Å². The SMILES string of the molecule is CC1(F)CCCc2[nH]nc(C=O)c21. The Balaban J connectivity index is 2.58. The van der Waals surface area contributed by atoms with Crippen molar-refractivity contribution < 1.29 is 9.18 Å². The van der Waals surface area contributed by atoms with E-state index in [1.54, 1.807) is 0 Å². The van der Waals surface area contributed by atoms with Gasteiger partial charge in [-0.2, -0.15) is 5.10 Å². The molecular weight excluding hydrogens is 171 g/mol. The molecule has 1 unspecified atom stereocenters. The molecule has 4 heteroatoms. The highest BCUT2D eigenvalue weighted by Crippen LogP contribution is 2.38. The van der Waals surface area contributed by atoms with Gasteiger partial charge in [0.05, 0.1) is 0 Å².